The van der Waals surface area contributed by atoms with Crippen molar-refractivity contribution in [1.29, 1.82) is 0 Å². The summed E-state index contributed by atoms with van der Waals surface area (Å²) in [4.78, 5) is 16.7. The van der Waals surface area contributed by atoms with E-state index in [1.165, 1.54) is 0 Å². The molecule has 2 unspecified atom stereocenters. The van der Waals surface area contributed by atoms with E-state index in [1.54, 1.807) is 48.5 Å². The first-order valence-corrected chi connectivity index (χ1v) is 10.6. The zero-order valence-electron chi connectivity index (χ0n) is 14.0. The first-order chi connectivity index (χ1) is 12.7. The standard InChI is InChI=1S/C18H16Cl2N2O4S/c19-13-5-1-11(2-6-13)9-27(24,25)10-15(12-3-7-14(20)8-4-12)16-17(21)22-26-18(16)23/h1-8,15-16H,9-10H2,(H2,21,22). The molecule has 2 aromatic rings. The van der Waals surface area contributed by atoms with Crippen LogP contribution in [-0.4, -0.2) is 26.0 Å². The first-order valence-electron chi connectivity index (χ1n) is 8.00. The Balaban J connectivity index is 1.90. The van der Waals surface area contributed by atoms with Crippen LogP contribution in [0.2, 0.25) is 10.0 Å². The number of amidine groups is 1. The zero-order chi connectivity index (χ0) is 19.6. The van der Waals surface area contributed by atoms with Gasteiger partial charge in [-0.1, -0.05) is 52.6 Å². The highest BCUT2D eigenvalue weighted by molar-refractivity contribution is 7.90. The fraction of sp³-hybridized carbons (Fsp3) is 0.222. The number of carbonyl (C=O) groups excluding carboxylic acids is 1. The number of rotatable bonds is 6. The molecule has 2 atom stereocenters. The van der Waals surface area contributed by atoms with E-state index in [0.717, 1.165) is 0 Å². The van der Waals surface area contributed by atoms with Crippen LogP contribution < -0.4 is 5.73 Å². The van der Waals surface area contributed by atoms with Gasteiger partial charge in [0.05, 0.1) is 11.5 Å². The minimum atomic E-state index is -3.58. The van der Waals surface area contributed by atoms with Crippen molar-refractivity contribution in [3.63, 3.8) is 0 Å². The van der Waals surface area contributed by atoms with E-state index in [-0.39, 0.29) is 17.3 Å². The molecule has 0 amide bonds. The monoisotopic (exact) mass is 426 g/mol. The van der Waals surface area contributed by atoms with E-state index in [4.69, 9.17) is 28.9 Å². The van der Waals surface area contributed by atoms with Gasteiger partial charge in [0.25, 0.3) is 0 Å². The Morgan fingerprint density at radius 3 is 2.11 bits per heavy atom. The average Bonchev–Trinajstić information content (AvgIpc) is 2.94. The van der Waals surface area contributed by atoms with Crippen molar-refractivity contribution < 1.29 is 18.0 Å². The van der Waals surface area contributed by atoms with Gasteiger partial charge in [-0.2, -0.15) is 0 Å². The van der Waals surface area contributed by atoms with E-state index < -0.39 is 27.6 Å². The van der Waals surface area contributed by atoms with Crippen molar-refractivity contribution in [2.24, 2.45) is 16.8 Å². The maximum atomic E-state index is 12.8. The lowest BCUT2D eigenvalue weighted by atomic mass is 9.87. The number of oxime groups is 1. The van der Waals surface area contributed by atoms with E-state index in [1.807, 2.05) is 0 Å². The Labute approximate surface area is 166 Å². The zero-order valence-corrected chi connectivity index (χ0v) is 16.3. The molecule has 27 heavy (non-hydrogen) atoms. The third-order valence-electron chi connectivity index (χ3n) is 4.25. The van der Waals surface area contributed by atoms with Gasteiger partial charge in [0.15, 0.2) is 15.7 Å². The van der Waals surface area contributed by atoms with Crippen LogP contribution in [0.15, 0.2) is 53.7 Å². The highest BCUT2D eigenvalue weighted by atomic mass is 35.5. The Kier molecular flexibility index (Phi) is 5.74. The number of nitrogens with zero attached hydrogens (tertiary/aromatic N) is 1. The molecule has 2 aromatic carbocycles. The summed E-state index contributed by atoms with van der Waals surface area (Å²) in [6.07, 6.45) is 0. The van der Waals surface area contributed by atoms with Crippen molar-refractivity contribution in [1.82, 2.24) is 0 Å². The number of hydrogen-bond acceptors (Lipinski definition) is 6. The molecule has 0 spiro atoms. The van der Waals surface area contributed by atoms with Crippen molar-refractivity contribution >= 4 is 44.8 Å². The van der Waals surface area contributed by atoms with Gasteiger partial charge in [0.1, 0.15) is 5.92 Å². The molecule has 2 N–H and O–H groups in total. The maximum absolute atomic E-state index is 12.8. The number of nitrogens with two attached hydrogens (primary N) is 1. The molecule has 1 aliphatic heterocycles. The van der Waals surface area contributed by atoms with Gasteiger partial charge in [0.2, 0.25) is 0 Å². The van der Waals surface area contributed by atoms with Gasteiger partial charge >= 0.3 is 5.97 Å². The van der Waals surface area contributed by atoms with Crippen LogP contribution in [0, 0.1) is 5.92 Å². The molecule has 0 aromatic heterocycles. The third-order valence-corrected chi connectivity index (χ3v) is 6.39. The van der Waals surface area contributed by atoms with Gasteiger partial charge in [-0.25, -0.2) is 13.2 Å². The Bertz CT molecular complexity index is 973. The number of sulfone groups is 1. The second kappa shape index (κ2) is 7.88. The van der Waals surface area contributed by atoms with E-state index in [0.29, 0.717) is 21.2 Å². The molecule has 0 aliphatic carbocycles. The summed E-state index contributed by atoms with van der Waals surface area (Å²) in [5.74, 6) is -2.90. The van der Waals surface area contributed by atoms with Crippen LogP contribution >= 0.6 is 23.2 Å². The summed E-state index contributed by atoms with van der Waals surface area (Å²) in [5, 5.41) is 4.51. The molecule has 142 valence electrons. The van der Waals surface area contributed by atoms with E-state index >= 15 is 0 Å². The fourth-order valence-corrected chi connectivity index (χ4v) is 4.97. The number of hydrogen-bond donors (Lipinski definition) is 1. The van der Waals surface area contributed by atoms with E-state index in [9.17, 15) is 13.2 Å². The molecule has 1 heterocycles. The summed E-state index contributed by atoms with van der Waals surface area (Å²) in [6, 6.07) is 13.2. The highest BCUT2D eigenvalue weighted by Crippen LogP contribution is 2.32. The SMILES string of the molecule is NC1=NOC(=O)C1C(CS(=O)(=O)Cc1ccc(Cl)cc1)c1ccc(Cl)cc1. The van der Waals surface area contributed by atoms with Gasteiger partial charge < -0.3 is 10.6 Å². The van der Waals surface area contributed by atoms with Gasteiger partial charge in [-0.05, 0) is 35.4 Å². The largest absolute Gasteiger partial charge is 0.384 e. The topological polar surface area (TPSA) is 98.8 Å². The molecule has 6 nitrogen and oxygen atoms in total. The van der Waals surface area contributed by atoms with Crippen LogP contribution in [0.25, 0.3) is 0 Å². The molecule has 0 radical (unpaired) electrons. The Morgan fingerprint density at radius 2 is 1.59 bits per heavy atom. The number of halogens is 2. The number of benzene rings is 2. The van der Waals surface area contributed by atoms with Gasteiger partial charge in [-0.3, -0.25) is 0 Å². The summed E-state index contributed by atoms with van der Waals surface area (Å²) >= 11 is 11.8. The molecular formula is C18H16Cl2N2O4S. The second-order valence-electron chi connectivity index (χ2n) is 6.24. The van der Waals surface area contributed by atoms with Crippen LogP contribution in [0.3, 0.4) is 0 Å². The lowest BCUT2D eigenvalue weighted by Crippen LogP contribution is -2.34. The summed E-state index contributed by atoms with van der Waals surface area (Å²) in [6.45, 7) is 0. The predicted octanol–water partition coefficient (Wildman–Crippen LogP) is 3.14. The van der Waals surface area contributed by atoms with Crippen LogP contribution in [0.1, 0.15) is 17.0 Å². The average molecular weight is 427 g/mol. The smallest absolute Gasteiger partial charge is 0.346 e. The predicted molar refractivity (Wildman–Crippen MR) is 104 cm³/mol. The van der Waals surface area contributed by atoms with Gasteiger partial charge in [-0.15, -0.1) is 0 Å². The first kappa shape index (κ1) is 19.7. The molecule has 0 bridgehead atoms. The van der Waals surface area contributed by atoms with Crippen molar-refractivity contribution in [3.05, 3.63) is 69.7 Å². The lowest BCUT2D eigenvalue weighted by molar-refractivity contribution is -0.143. The summed E-state index contributed by atoms with van der Waals surface area (Å²) < 4.78 is 25.6. The molecule has 0 fully saturated rings. The number of carbonyl (C=O) groups is 1. The summed E-state index contributed by atoms with van der Waals surface area (Å²) in [7, 11) is -3.58. The second-order valence-corrected chi connectivity index (χ2v) is 9.23. The van der Waals surface area contributed by atoms with Gasteiger partial charge in [0, 0.05) is 16.0 Å². The molecule has 9 heteroatoms. The molecule has 3 rings (SSSR count). The summed E-state index contributed by atoms with van der Waals surface area (Å²) in [5.41, 5.74) is 7.01. The van der Waals surface area contributed by atoms with Crippen molar-refractivity contribution in [2.75, 3.05) is 5.75 Å². The Morgan fingerprint density at radius 1 is 1.04 bits per heavy atom. The van der Waals surface area contributed by atoms with Crippen LogP contribution in [-0.2, 0) is 25.2 Å². The molecule has 0 saturated carbocycles. The van der Waals surface area contributed by atoms with Crippen molar-refractivity contribution in [3.8, 4) is 0 Å². The van der Waals surface area contributed by atoms with Crippen LogP contribution in [0.4, 0.5) is 0 Å². The normalized spacial score (nSPS) is 18.1. The lowest BCUT2D eigenvalue weighted by Gasteiger charge is -2.21. The molecule has 0 saturated heterocycles. The maximum Gasteiger partial charge on any atom is 0.346 e. The third kappa shape index (κ3) is 4.80. The van der Waals surface area contributed by atoms with Crippen molar-refractivity contribution in [2.45, 2.75) is 11.7 Å². The fourth-order valence-electron chi connectivity index (χ4n) is 2.96. The minimum absolute atomic E-state index is 0.0401. The quantitative estimate of drug-likeness (QED) is 0.715. The highest BCUT2D eigenvalue weighted by Gasteiger charge is 2.41. The molecular weight excluding hydrogens is 411 g/mol. The van der Waals surface area contributed by atoms with E-state index in [2.05, 4.69) is 9.99 Å². The Hall–Kier alpha value is -2.09. The minimum Gasteiger partial charge on any atom is -0.384 e. The molecule has 1 aliphatic rings. The van der Waals surface area contributed by atoms with Crippen LogP contribution in [0.5, 0.6) is 0 Å².